The van der Waals surface area contributed by atoms with E-state index in [0.29, 0.717) is 34.8 Å². The van der Waals surface area contributed by atoms with Crippen LogP contribution in [-0.2, 0) is 9.53 Å². The van der Waals surface area contributed by atoms with E-state index < -0.39 is 18.0 Å². The Morgan fingerprint density at radius 1 is 0.881 bits per heavy atom. The first-order chi connectivity index (χ1) is 20.5. The molecule has 8 nitrogen and oxygen atoms in total. The maximum absolute atomic E-state index is 13.5. The van der Waals surface area contributed by atoms with Crippen molar-refractivity contribution in [1.29, 1.82) is 0 Å². The molecule has 5 rings (SSSR count). The molecule has 3 N–H and O–H groups in total. The van der Waals surface area contributed by atoms with Gasteiger partial charge in [0, 0.05) is 17.6 Å². The van der Waals surface area contributed by atoms with Gasteiger partial charge in [-0.3, -0.25) is 4.90 Å². The summed E-state index contributed by atoms with van der Waals surface area (Å²) in [6.07, 6.45) is 1.66. The van der Waals surface area contributed by atoms with Crippen LogP contribution in [0.2, 0.25) is 0 Å². The molecule has 4 amide bonds. The number of carbonyl (C=O) groups excluding carboxylic acids is 3. The summed E-state index contributed by atoms with van der Waals surface area (Å²) in [5.74, 6) is -0.505. The van der Waals surface area contributed by atoms with Crippen LogP contribution < -0.4 is 16.0 Å². The molecule has 0 fully saturated rings. The van der Waals surface area contributed by atoms with Crippen LogP contribution in [0.15, 0.2) is 103 Å². The molecule has 1 heterocycles. The predicted molar refractivity (Wildman–Crippen MR) is 166 cm³/mol. The van der Waals surface area contributed by atoms with Gasteiger partial charge in [-0.2, -0.15) is 0 Å². The number of nitrogens with one attached hydrogen (secondary N) is 3. The number of amides is 4. The maximum atomic E-state index is 13.5. The number of fused-ring (bicyclic) bond motifs is 1. The molecule has 0 unspecified atom stereocenters. The Bertz CT molecular complexity index is 1630. The van der Waals surface area contributed by atoms with Gasteiger partial charge in [0.2, 0.25) is 0 Å². The zero-order valence-electron chi connectivity index (χ0n) is 23.7. The summed E-state index contributed by atoms with van der Waals surface area (Å²) < 4.78 is 5.51. The molecular formula is C34H34N4O4. The normalized spacial score (nSPS) is 14.9. The Morgan fingerprint density at radius 3 is 2.40 bits per heavy atom. The molecule has 8 heteroatoms. The van der Waals surface area contributed by atoms with Gasteiger partial charge in [0.25, 0.3) is 0 Å². The molecule has 1 aliphatic heterocycles. The molecule has 0 radical (unpaired) electrons. The van der Waals surface area contributed by atoms with E-state index in [0.717, 1.165) is 29.2 Å². The fourth-order valence-corrected chi connectivity index (χ4v) is 5.18. The van der Waals surface area contributed by atoms with Gasteiger partial charge in [-0.25, -0.2) is 14.4 Å². The van der Waals surface area contributed by atoms with Crippen molar-refractivity contribution >= 4 is 45.9 Å². The van der Waals surface area contributed by atoms with Gasteiger partial charge in [-0.05, 0) is 48.1 Å². The third kappa shape index (κ3) is 6.12. The molecule has 0 spiro atoms. The highest BCUT2D eigenvalue weighted by atomic mass is 16.5. The van der Waals surface area contributed by atoms with Crippen molar-refractivity contribution in [2.24, 2.45) is 0 Å². The summed E-state index contributed by atoms with van der Waals surface area (Å²) in [4.78, 5) is 41.7. The van der Waals surface area contributed by atoms with Gasteiger partial charge < -0.3 is 20.7 Å². The zero-order chi connectivity index (χ0) is 29.5. The van der Waals surface area contributed by atoms with Crippen molar-refractivity contribution in [2.45, 2.75) is 32.7 Å². The summed E-state index contributed by atoms with van der Waals surface area (Å²) in [5.41, 5.74) is 3.46. The minimum Gasteiger partial charge on any atom is -0.463 e. The highest BCUT2D eigenvalue weighted by Crippen LogP contribution is 2.37. The van der Waals surface area contributed by atoms with Crippen molar-refractivity contribution in [3.8, 4) is 0 Å². The topological polar surface area (TPSA) is 99.8 Å². The van der Waals surface area contributed by atoms with Crippen LogP contribution in [0.4, 0.5) is 21.0 Å². The maximum Gasteiger partial charge on any atom is 0.338 e. The number of rotatable bonds is 9. The summed E-state index contributed by atoms with van der Waals surface area (Å²) in [6, 6.07) is 28.6. The minimum atomic E-state index is -0.785. The fraction of sp³-hybridized carbons (Fsp3) is 0.206. The van der Waals surface area contributed by atoms with Gasteiger partial charge in [-0.1, -0.05) is 92.2 Å². The Morgan fingerprint density at radius 2 is 1.62 bits per heavy atom. The zero-order valence-corrected chi connectivity index (χ0v) is 23.7. The van der Waals surface area contributed by atoms with Crippen molar-refractivity contribution in [2.75, 3.05) is 23.8 Å². The van der Waals surface area contributed by atoms with E-state index in [1.54, 1.807) is 30.0 Å². The third-order valence-corrected chi connectivity index (χ3v) is 7.12. The molecule has 1 aliphatic rings. The van der Waals surface area contributed by atoms with Crippen molar-refractivity contribution in [3.63, 3.8) is 0 Å². The monoisotopic (exact) mass is 562 g/mol. The van der Waals surface area contributed by atoms with E-state index in [9.17, 15) is 14.4 Å². The van der Waals surface area contributed by atoms with Crippen molar-refractivity contribution in [1.82, 2.24) is 10.2 Å². The molecule has 0 saturated heterocycles. The predicted octanol–water partition coefficient (Wildman–Crippen LogP) is 7.32. The lowest BCUT2D eigenvalue weighted by molar-refractivity contribution is -0.138. The van der Waals surface area contributed by atoms with E-state index in [-0.39, 0.29) is 12.6 Å². The first-order valence-electron chi connectivity index (χ1n) is 14.2. The average Bonchev–Trinajstić information content (AvgIpc) is 3.00. The standard InChI is InChI=1S/C34H34N4O4/c1-3-5-21-38-31(24-14-7-6-8-15-24)29(32(39)42-4-2)30(37-34(38)41)25-17-11-18-26(22-25)35-33(40)36-28-20-12-16-23-13-9-10-19-27(23)28/h6-20,22,30H,3-5,21H2,1-2H3,(H,37,41)(H2,35,36,40)/t30-/m1/s1. The Labute approximate surface area is 245 Å². The van der Waals surface area contributed by atoms with E-state index in [1.807, 2.05) is 78.9 Å². The lowest BCUT2D eigenvalue weighted by Crippen LogP contribution is -2.48. The van der Waals surface area contributed by atoms with Crippen LogP contribution in [0, 0.1) is 0 Å². The number of carbonyl (C=O) groups is 3. The highest BCUT2D eigenvalue weighted by molar-refractivity contribution is 6.07. The number of esters is 1. The number of urea groups is 2. The number of nitrogens with zero attached hydrogens (tertiary/aromatic N) is 1. The quantitative estimate of drug-likeness (QED) is 0.186. The number of anilines is 2. The lowest BCUT2D eigenvalue weighted by atomic mass is 9.91. The van der Waals surface area contributed by atoms with E-state index in [2.05, 4.69) is 22.9 Å². The van der Waals surface area contributed by atoms with Crippen molar-refractivity contribution in [3.05, 3.63) is 114 Å². The first-order valence-corrected chi connectivity index (χ1v) is 14.2. The molecule has 0 bridgehead atoms. The molecule has 1 atom stereocenters. The Balaban J connectivity index is 1.50. The molecule has 4 aromatic carbocycles. The average molecular weight is 563 g/mol. The van der Waals surface area contributed by atoms with E-state index >= 15 is 0 Å². The van der Waals surface area contributed by atoms with E-state index in [1.165, 1.54) is 0 Å². The Kier molecular flexibility index (Phi) is 8.82. The molecule has 214 valence electrons. The summed E-state index contributed by atoms with van der Waals surface area (Å²) >= 11 is 0. The largest absolute Gasteiger partial charge is 0.463 e. The van der Waals surface area contributed by atoms with Gasteiger partial charge in [0.05, 0.1) is 29.6 Å². The number of hydrogen-bond donors (Lipinski definition) is 3. The number of hydrogen-bond acceptors (Lipinski definition) is 4. The molecule has 0 aromatic heterocycles. The van der Waals surface area contributed by atoms with Crippen LogP contribution in [-0.4, -0.2) is 36.1 Å². The fourth-order valence-electron chi connectivity index (χ4n) is 5.18. The van der Waals surface area contributed by atoms with Crippen LogP contribution in [0.3, 0.4) is 0 Å². The lowest BCUT2D eigenvalue weighted by Gasteiger charge is -2.37. The molecular weight excluding hydrogens is 528 g/mol. The van der Waals surface area contributed by atoms with Crippen LogP contribution in [0.1, 0.15) is 43.9 Å². The van der Waals surface area contributed by atoms with Crippen LogP contribution in [0.5, 0.6) is 0 Å². The molecule has 0 aliphatic carbocycles. The molecule has 0 saturated carbocycles. The van der Waals surface area contributed by atoms with Gasteiger partial charge in [0.1, 0.15) is 0 Å². The van der Waals surface area contributed by atoms with Crippen molar-refractivity contribution < 1.29 is 19.1 Å². The summed E-state index contributed by atoms with van der Waals surface area (Å²) in [5, 5.41) is 10.8. The van der Waals surface area contributed by atoms with Gasteiger partial charge >= 0.3 is 18.0 Å². The second kappa shape index (κ2) is 13.0. The minimum absolute atomic E-state index is 0.190. The Hall–Kier alpha value is -5.11. The summed E-state index contributed by atoms with van der Waals surface area (Å²) in [7, 11) is 0. The first kappa shape index (κ1) is 28.4. The summed E-state index contributed by atoms with van der Waals surface area (Å²) in [6.45, 7) is 4.46. The van der Waals surface area contributed by atoms with Gasteiger partial charge in [0.15, 0.2) is 0 Å². The van der Waals surface area contributed by atoms with E-state index in [4.69, 9.17) is 4.74 Å². The number of ether oxygens (including phenoxy) is 1. The SMILES string of the molecule is CCCCN1C(=O)N[C@H](c2cccc(NC(=O)Nc3cccc4ccccc34)c2)C(C(=O)OCC)=C1c1ccccc1. The smallest absolute Gasteiger partial charge is 0.338 e. The molecule has 42 heavy (non-hydrogen) atoms. The number of unbranched alkanes of at least 4 members (excludes halogenated alkanes) is 1. The highest BCUT2D eigenvalue weighted by Gasteiger charge is 2.38. The van der Waals surface area contributed by atoms with Gasteiger partial charge in [-0.15, -0.1) is 0 Å². The second-order valence-electron chi connectivity index (χ2n) is 9.97. The van der Waals surface area contributed by atoms with Crippen LogP contribution >= 0.6 is 0 Å². The second-order valence-corrected chi connectivity index (χ2v) is 9.97. The third-order valence-electron chi connectivity index (χ3n) is 7.12. The van der Waals surface area contributed by atoms with Crippen LogP contribution in [0.25, 0.3) is 16.5 Å². The number of benzene rings is 4. The molecule has 4 aromatic rings.